The van der Waals surface area contributed by atoms with Gasteiger partial charge < -0.3 is 15.5 Å². The highest BCUT2D eigenvalue weighted by Crippen LogP contribution is 2.32. The predicted molar refractivity (Wildman–Crippen MR) is 104 cm³/mol. The molecule has 136 valence electrons. The van der Waals surface area contributed by atoms with Crippen molar-refractivity contribution in [1.29, 1.82) is 0 Å². The van der Waals surface area contributed by atoms with Gasteiger partial charge in [0.25, 0.3) is 5.56 Å². The van der Waals surface area contributed by atoms with Crippen LogP contribution in [-0.2, 0) is 19.6 Å². The molecule has 6 nitrogen and oxygen atoms in total. The lowest BCUT2D eigenvalue weighted by Crippen LogP contribution is -2.33. The quantitative estimate of drug-likeness (QED) is 0.717. The number of aromatic nitrogens is 2. The number of benzene rings is 1. The van der Waals surface area contributed by atoms with E-state index in [2.05, 4.69) is 16.9 Å². The lowest BCUT2D eigenvalue weighted by atomic mass is 10.1. The summed E-state index contributed by atoms with van der Waals surface area (Å²) in [4.78, 5) is 21.7. The topological polar surface area (TPSA) is 73.4 Å². The minimum atomic E-state index is -0.184. The van der Waals surface area contributed by atoms with Crippen LogP contribution in [0.1, 0.15) is 27.4 Å². The van der Waals surface area contributed by atoms with E-state index in [-0.39, 0.29) is 12.2 Å². The number of ether oxygens (including phenoxy) is 1. The van der Waals surface area contributed by atoms with Crippen molar-refractivity contribution in [2.24, 2.45) is 0 Å². The zero-order chi connectivity index (χ0) is 18.4. The van der Waals surface area contributed by atoms with Gasteiger partial charge in [-0.05, 0) is 50.1 Å². The van der Waals surface area contributed by atoms with E-state index in [0.717, 1.165) is 51.5 Å². The third kappa shape index (κ3) is 2.77. The summed E-state index contributed by atoms with van der Waals surface area (Å²) in [5, 5.41) is 0.677. The monoisotopic (exact) mass is 370 g/mol. The maximum Gasteiger partial charge on any atom is 0.281 e. The summed E-state index contributed by atoms with van der Waals surface area (Å²) >= 11 is 1.59. The Hall–Kier alpha value is -2.38. The normalized spacial score (nSPS) is 14.6. The average molecular weight is 370 g/mol. The number of thiophene rings is 1. The zero-order valence-electron chi connectivity index (χ0n) is 15.2. The van der Waals surface area contributed by atoms with Gasteiger partial charge >= 0.3 is 0 Å². The molecule has 0 radical (unpaired) electrons. The van der Waals surface area contributed by atoms with Gasteiger partial charge in [-0.15, -0.1) is 11.3 Å². The molecule has 0 aliphatic carbocycles. The number of hydrogen-bond donors (Lipinski definition) is 1. The molecule has 1 aliphatic heterocycles. The van der Waals surface area contributed by atoms with Crippen molar-refractivity contribution >= 4 is 21.6 Å². The van der Waals surface area contributed by atoms with Gasteiger partial charge in [-0.25, -0.2) is 9.66 Å². The molecule has 0 unspecified atom stereocenters. The van der Waals surface area contributed by atoms with Crippen molar-refractivity contribution in [1.82, 2.24) is 14.6 Å². The number of nitrogen functional groups attached to an aromatic ring is 1. The highest BCUT2D eigenvalue weighted by molar-refractivity contribution is 7.18. The largest absolute Gasteiger partial charge is 0.485 e. The molecule has 3 aromatic rings. The number of rotatable bonds is 3. The van der Waals surface area contributed by atoms with Gasteiger partial charge in [0.1, 0.15) is 17.2 Å². The molecule has 7 heteroatoms. The lowest BCUT2D eigenvalue weighted by molar-refractivity contribution is 0.289. The molecule has 0 atom stereocenters. The van der Waals surface area contributed by atoms with E-state index in [1.54, 1.807) is 11.3 Å². The summed E-state index contributed by atoms with van der Waals surface area (Å²) in [5.74, 6) is 7.28. The molecule has 0 spiro atoms. The number of likely N-dealkylation sites (N-methyl/N-ethyl adjacent to an activating group) is 1. The SMILES string of the molecule is Cc1cccc(OCc2nc3sc4c(c3c(=O)n2N)CCN(C)C4)c1C. The molecule has 0 fully saturated rings. The second-order valence-electron chi connectivity index (χ2n) is 6.86. The van der Waals surface area contributed by atoms with Crippen molar-refractivity contribution in [2.45, 2.75) is 33.4 Å². The van der Waals surface area contributed by atoms with E-state index >= 15 is 0 Å². The van der Waals surface area contributed by atoms with Crippen molar-refractivity contribution in [3.63, 3.8) is 0 Å². The summed E-state index contributed by atoms with van der Waals surface area (Å²) in [6.45, 7) is 6.02. The summed E-state index contributed by atoms with van der Waals surface area (Å²) < 4.78 is 7.04. The van der Waals surface area contributed by atoms with Gasteiger partial charge in [0.15, 0.2) is 5.82 Å². The van der Waals surface area contributed by atoms with Crippen LogP contribution in [0, 0.1) is 13.8 Å². The van der Waals surface area contributed by atoms with E-state index in [1.807, 2.05) is 32.0 Å². The maximum absolute atomic E-state index is 12.8. The summed E-state index contributed by atoms with van der Waals surface area (Å²) in [6, 6.07) is 5.91. The van der Waals surface area contributed by atoms with Crippen LogP contribution in [0.25, 0.3) is 10.2 Å². The standard InChI is InChI=1S/C19H22N4O2S/c1-11-5-4-6-14(12(11)2)25-10-16-21-18-17(19(24)23(16)20)13-7-8-22(3)9-15(13)26-18/h4-6H,7-10,20H2,1-3H3. The van der Waals surface area contributed by atoms with Crippen LogP contribution in [0.15, 0.2) is 23.0 Å². The first-order chi connectivity index (χ1) is 12.5. The van der Waals surface area contributed by atoms with Gasteiger partial charge in [0.2, 0.25) is 0 Å². The van der Waals surface area contributed by atoms with Gasteiger partial charge in [-0.3, -0.25) is 4.79 Å². The van der Waals surface area contributed by atoms with Crippen LogP contribution >= 0.6 is 11.3 Å². The highest BCUT2D eigenvalue weighted by atomic mass is 32.1. The molecule has 0 saturated carbocycles. The molecule has 2 aromatic heterocycles. The first-order valence-corrected chi connectivity index (χ1v) is 9.46. The molecule has 1 aromatic carbocycles. The van der Waals surface area contributed by atoms with E-state index in [9.17, 15) is 4.79 Å². The van der Waals surface area contributed by atoms with Crippen LogP contribution in [0.2, 0.25) is 0 Å². The molecule has 1 aliphatic rings. The number of nitrogens with zero attached hydrogens (tertiary/aromatic N) is 3. The van der Waals surface area contributed by atoms with E-state index < -0.39 is 0 Å². The molecular weight excluding hydrogens is 348 g/mol. The van der Waals surface area contributed by atoms with E-state index in [4.69, 9.17) is 10.6 Å². The Labute approximate surface area is 155 Å². The highest BCUT2D eigenvalue weighted by Gasteiger charge is 2.23. The van der Waals surface area contributed by atoms with Gasteiger partial charge in [-0.2, -0.15) is 0 Å². The van der Waals surface area contributed by atoms with Gasteiger partial charge in [0, 0.05) is 18.0 Å². The Balaban J connectivity index is 1.71. The van der Waals surface area contributed by atoms with Crippen molar-refractivity contribution in [2.75, 3.05) is 19.4 Å². The third-order valence-corrected chi connectivity index (χ3v) is 6.19. The molecular formula is C19H22N4O2S. The van der Waals surface area contributed by atoms with Crippen molar-refractivity contribution < 1.29 is 4.74 Å². The lowest BCUT2D eigenvalue weighted by Gasteiger charge is -2.21. The minimum absolute atomic E-state index is 0.161. The fourth-order valence-corrected chi connectivity index (χ4v) is 4.66. The Morgan fingerprint density at radius 2 is 2.15 bits per heavy atom. The van der Waals surface area contributed by atoms with Crippen molar-refractivity contribution in [3.05, 3.63) is 55.9 Å². The summed E-state index contributed by atoms with van der Waals surface area (Å²) in [7, 11) is 2.09. The molecule has 0 amide bonds. The fourth-order valence-electron chi connectivity index (χ4n) is 3.35. The van der Waals surface area contributed by atoms with Crippen LogP contribution in [0.5, 0.6) is 5.75 Å². The molecule has 0 bridgehead atoms. The second-order valence-corrected chi connectivity index (χ2v) is 7.95. The van der Waals surface area contributed by atoms with Crippen LogP contribution < -0.4 is 16.1 Å². The molecule has 2 N–H and O–H groups in total. The van der Waals surface area contributed by atoms with Crippen LogP contribution in [0.3, 0.4) is 0 Å². The van der Waals surface area contributed by atoms with Crippen molar-refractivity contribution in [3.8, 4) is 5.75 Å². The number of hydrogen-bond acceptors (Lipinski definition) is 6. The number of nitrogens with two attached hydrogens (primary N) is 1. The molecule has 26 heavy (non-hydrogen) atoms. The molecule has 0 saturated heterocycles. The zero-order valence-corrected chi connectivity index (χ0v) is 16.0. The second kappa shape index (κ2) is 6.41. The predicted octanol–water partition coefficient (Wildman–Crippen LogP) is 2.36. The van der Waals surface area contributed by atoms with E-state index in [1.165, 1.54) is 4.88 Å². The van der Waals surface area contributed by atoms with Crippen LogP contribution in [0.4, 0.5) is 0 Å². The van der Waals surface area contributed by atoms with Crippen LogP contribution in [-0.4, -0.2) is 28.2 Å². The Kier molecular flexibility index (Phi) is 4.20. The average Bonchev–Trinajstić information content (AvgIpc) is 2.97. The number of fused-ring (bicyclic) bond motifs is 3. The summed E-state index contributed by atoms with van der Waals surface area (Å²) in [5.41, 5.74) is 3.17. The molecule has 3 heterocycles. The third-order valence-electron chi connectivity index (χ3n) is 5.08. The Morgan fingerprint density at radius 3 is 2.96 bits per heavy atom. The fraction of sp³-hybridized carbons (Fsp3) is 0.368. The first kappa shape index (κ1) is 17.1. The van der Waals surface area contributed by atoms with Gasteiger partial charge in [-0.1, -0.05) is 12.1 Å². The summed E-state index contributed by atoms with van der Waals surface area (Å²) in [6.07, 6.45) is 0.862. The van der Waals surface area contributed by atoms with Gasteiger partial charge in [0.05, 0.1) is 5.39 Å². The Bertz CT molecular complexity index is 1050. The minimum Gasteiger partial charge on any atom is -0.485 e. The number of aryl methyl sites for hydroxylation is 1. The Morgan fingerprint density at radius 1 is 1.35 bits per heavy atom. The smallest absolute Gasteiger partial charge is 0.281 e. The molecule has 4 rings (SSSR count). The van der Waals surface area contributed by atoms with E-state index in [0.29, 0.717) is 11.2 Å². The maximum atomic E-state index is 12.8. The first-order valence-electron chi connectivity index (χ1n) is 8.64.